The average Bonchev–Trinajstić information content (AvgIpc) is 2.99. The highest BCUT2D eigenvalue weighted by molar-refractivity contribution is 5.84. The molecule has 2 rings (SSSR count). The van der Waals surface area contributed by atoms with Crippen molar-refractivity contribution < 1.29 is 9.53 Å². The van der Waals surface area contributed by atoms with Crippen LogP contribution in [0.4, 0.5) is 0 Å². The van der Waals surface area contributed by atoms with Gasteiger partial charge in [0.25, 0.3) is 0 Å². The van der Waals surface area contributed by atoms with E-state index in [4.69, 9.17) is 4.74 Å². The van der Waals surface area contributed by atoms with E-state index in [1.54, 1.807) is 7.11 Å². The highest BCUT2D eigenvalue weighted by Gasteiger charge is 2.42. The van der Waals surface area contributed by atoms with Gasteiger partial charge in [0.2, 0.25) is 5.91 Å². The lowest BCUT2D eigenvalue weighted by Gasteiger charge is -2.30. The van der Waals surface area contributed by atoms with Crippen LogP contribution in [0.25, 0.3) is 0 Å². The number of methoxy groups -OCH3 is 1. The highest BCUT2D eigenvalue weighted by Crippen LogP contribution is 2.32. The van der Waals surface area contributed by atoms with E-state index in [1.807, 2.05) is 11.8 Å². The van der Waals surface area contributed by atoms with Crippen LogP contribution < -0.4 is 5.32 Å². The Balaban J connectivity index is 2.06. The van der Waals surface area contributed by atoms with E-state index in [2.05, 4.69) is 12.2 Å². The second-order valence-corrected chi connectivity index (χ2v) is 5.65. The van der Waals surface area contributed by atoms with Crippen LogP contribution in [0, 0.1) is 5.92 Å². The number of rotatable bonds is 5. The predicted octanol–water partition coefficient (Wildman–Crippen LogP) is 1.75. The van der Waals surface area contributed by atoms with E-state index >= 15 is 0 Å². The third kappa shape index (κ3) is 2.69. The van der Waals surface area contributed by atoms with E-state index in [0.29, 0.717) is 12.5 Å². The van der Waals surface area contributed by atoms with Crippen molar-refractivity contribution in [2.75, 3.05) is 13.7 Å². The molecule has 1 aliphatic heterocycles. The standard InChI is InChI=1S/C14H26N2O2/c1-4-12-14(17)16(9-10(2)18-3)13(15-12)11-7-5-6-8-11/h10-13,15H,4-9H2,1-3H3. The zero-order valence-corrected chi connectivity index (χ0v) is 11.8. The van der Waals surface area contributed by atoms with Crippen LogP contribution in [-0.2, 0) is 9.53 Å². The molecule has 0 aromatic heterocycles. The fourth-order valence-corrected chi connectivity index (χ4v) is 3.22. The molecule has 18 heavy (non-hydrogen) atoms. The maximum Gasteiger partial charge on any atom is 0.241 e. The van der Waals surface area contributed by atoms with Gasteiger partial charge >= 0.3 is 0 Å². The molecule has 1 saturated carbocycles. The van der Waals surface area contributed by atoms with Crippen molar-refractivity contribution in [2.24, 2.45) is 5.92 Å². The lowest BCUT2D eigenvalue weighted by atomic mass is 10.0. The number of ether oxygens (including phenoxy) is 1. The quantitative estimate of drug-likeness (QED) is 0.812. The molecular weight excluding hydrogens is 228 g/mol. The molecule has 2 fully saturated rings. The third-order valence-electron chi connectivity index (χ3n) is 4.40. The Kier molecular flexibility index (Phi) is 4.62. The molecule has 3 unspecified atom stereocenters. The Bertz CT molecular complexity index is 290. The molecule has 0 aromatic rings. The van der Waals surface area contributed by atoms with Gasteiger partial charge < -0.3 is 9.64 Å². The lowest BCUT2D eigenvalue weighted by Crippen LogP contribution is -2.45. The van der Waals surface area contributed by atoms with Crippen LogP contribution in [0.1, 0.15) is 46.0 Å². The van der Waals surface area contributed by atoms with Crippen molar-refractivity contribution in [2.45, 2.75) is 64.3 Å². The molecule has 0 radical (unpaired) electrons. The van der Waals surface area contributed by atoms with Crippen molar-refractivity contribution in [1.29, 1.82) is 0 Å². The summed E-state index contributed by atoms with van der Waals surface area (Å²) in [5.41, 5.74) is 0. The van der Waals surface area contributed by atoms with Crippen LogP contribution in [0.3, 0.4) is 0 Å². The van der Waals surface area contributed by atoms with E-state index in [0.717, 1.165) is 6.42 Å². The summed E-state index contributed by atoms with van der Waals surface area (Å²) in [4.78, 5) is 14.4. The molecule has 1 saturated heterocycles. The van der Waals surface area contributed by atoms with Crippen molar-refractivity contribution in [3.63, 3.8) is 0 Å². The van der Waals surface area contributed by atoms with Crippen LogP contribution in [0.5, 0.6) is 0 Å². The topological polar surface area (TPSA) is 41.6 Å². The summed E-state index contributed by atoms with van der Waals surface area (Å²) < 4.78 is 5.32. The molecule has 1 amide bonds. The fraction of sp³-hybridized carbons (Fsp3) is 0.929. The Labute approximate surface area is 110 Å². The second kappa shape index (κ2) is 6.02. The largest absolute Gasteiger partial charge is 0.380 e. The molecule has 1 aliphatic carbocycles. The van der Waals surface area contributed by atoms with E-state index in [-0.39, 0.29) is 24.2 Å². The van der Waals surface area contributed by atoms with Gasteiger partial charge in [-0.05, 0) is 32.1 Å². The van der Waals surface area contributed by atoms with Crippen LogP contribution in [0.15, 0.2) is 0 Å². The fourth-order valence-electron chi connectivity index (χ4n) is 3.22. The minimum absolute atomic E-state index is 0.0136. The number of nitrogens with zero attached hydrogens (tertiary/aromatic N) is 1. The minimum atomic E-state index is 0.0136. The molecule has 3 atom stereocenters. The second-order valence-electron chi connectivity index (χ2n) is 5.65. The molecule has 1 N–H and O–H groups in total. The normalized spacial score (nSPS) is 31.3. The van der Waals surface area contributed by atoms with Gasteiger partial charge in [-0.2, -0.15) is 0 Å². The van der Waals surface area contributed by atoms with Gasteiger partial charge in [-0.3, -0.25) is 10.1 Å². The molecule has 4 nitrogen and oxygen atoms in total. The van der Waals surface area contributed by atoms with Gasteiger partial charge in [-0.1, -0.05) is 19.8 Å². The van der Waals surface area contributed by atoms with Crippen LogP contribution >= 0.6 is 0 Å². The number of amides is 1. The maximum absolute atomic E-state index is 12.4. The lowest BCUT2D eigenvalue weighted by molar-refractivity contribution is -0.132. The number of carbonyl (C=O) groups is 1. The Hall–Kier alpha value is -0.610. The molecule has 4 heteroatoms. The first kappa shape index (κ1) is 13.8. The SMILES string of the molecule is CCC1NC(C2CCCC2)N(CC(C)OC)C1=O. The maximum atomic E-state index is 12.4. The average molecular weight is 254 g/mol. The summed E-state index contributed by atoms with van der Waals surface area (Å²) >= 11 is 0. The number of hydrogen-bond acceptors (Lipinski definition) is 3. The monoisotopic (exact) mass is 254 g/mol. The summed E-state index contributed by atoms with van der Waals surface area (Å²) in [6, 6.07) is 0.0136. The van der Waals surface area contributed by atoms with Gasteiger partial charge in [0.05, 0.1) is 18.3 Å². The minimum Gasteiger partial charge on any atom is -0.380 e. The molecule has 0 spiro atoms. The zero-order chi connectivity index (χ0) is 13.1. The van der Waals surface area contributed by atoms with E-state index in [1.165, 1.54) is 25.7 Å². The summed E-state index contributed by atoms with van der Waals surface area (Å²) in [6.07, 6.45) is 6.33. The van der Waals surface area contributed by atoms with Crippen molar-refractivity contribution >= 4 is 5.91 Å². The summed E-state index contributed by atoms with van der Waals surface area (Å²) in [5, 5.41) is 3.53. The zero-order valence-electron chi connectivity index (χ0n) is 11.8. The van der Waals surface area contributed by atoms with Crippen LogP contribution in [-0.4, -0.2) is 42.8 Å². The Morgan fingerprint density at radius 2 is 2.11 bits per heavy atom. The van der Waals surface area contributed by atoms with Gasteiger partial charge in [-0.15, -0.1) is 0 Å². The summed E-state index contributed by atoms with van der Waals surface area (Å²) in [7, 11) is 1.71. The van der Waals surface area contributed by atoms with Gasteiger partial charge in [-0.25, -0.2) is 0 Å². The molecule has 0 aromatic carbocycles. The molecule has 0 bridgehead atoms. The summed E-state index contributed by atoms with van der Waals surface area (Å²) in [6.45, 7) is 4.81. The number of nitrogens with one attached hydrogen (secondary N) is 1. The molecule has 1 heterocycles. The highest BCUT2D eigenvalue weighted by atomic mass is 16.5. The molecule has 104 valence electrons. The third-order valence-corrected chi connectivity index (χ3v) is 4.40. The Morgan fingerprint density at radius 1 is 1.44 bits per heavy atom. The van der Waals surface area contributed by atoms with Crippen molar-refractivity contribution in [3.8, 4) is 0 Å². The molecule has 2 aliphatic rings. The number of carbonyl (C=O) groups excluding carboxylic acids is 1. The predicted molar refractivity (Wildman–Crippen MR) is 71.1 cm³/mol. The first-order chi connectivity index (χ1) is 8.67. The van der Waals surface area contributed by atoms with E-state index in [9.17, 15) is 4.79 Å². The first-order valence-corrected chi connectivity index (χ1v) is 7.26. The van der Waals surface area contributed by atoms with Gasteiger partial charge in [0.15, 0.2) is 0 Å². The van der Waals surface area contributed by atoms with Gasteiger partial charge in [0.1, 0.15) is 0 Å². The Morgan fingerprint density at radius 3 is 2.67 bits per heavy atom. The van der Waals surface area contributed by atoms with Crippen molar-refractivity contribution in [1.82, 2.24) is 10.2 Å². The first-order valence-electron chi connectivity index (χ1n) is 7.26. The smallest absolute Gasteiger partial charge is 0.241 e. The van der Waals surface area contributed by atoms with Crippen molar-refractivity contribution in [3.05, 3.63) is 0 Å². The summed E-state index contributed by atoms with van der Waals surface area (Å²) in [5.74, 6) is 0.896. The van der Waals surface area contributed by atoms with Gasteiger partial charge in [0, 0.05) is 13.7 Å². The molecular formula is C14H26N2O2. The van der Waals surface area contributed by atoms with Crippen LogP contribution in [0.2, 0.25) is 0 Å². The van der Waals surface area contributed by atoms with E-state index < -0.39 is 0 Å². The number of hydrogen-bond donors (Lipinski definition) is 1.